The van der Waals surface area contributed by atoms with Crippen molar-refractivity contribution in [2.75, 3.05) is 0 Å². The van der Waals surface area contributed by atoms with E-state index in [0.717, 1.165) is 0 Å². The molecule has 0 saturated carbocycles. The highest BCUT2D eigenvalue weighted by Crippen LogP contribution is 2.33. The Kier molecular flexibility index (Phi) is 5.81. The van der Waals surface area contributed by atoms with Gasteiger partial charge in [-0.1, -0.05) is 18.2 Å². The van der Waals surface area contributed by atoms with Crippen molar-refractivity contribution in [3.05, 3.63) is 47.3 Å². The number of hydrogen-bond donors (Lipinski definition) is 0. The van der Waals surface area contributed by atoms with E-state index in [1.165, 1.54) is 13.0 Å². The fourth-order valence-electron chi connectivity index (χ4n) is 3.34. The van der Waals surface area contributed by atoms with E-state index in [2.05, 4.69) is 0 Å². The van der Waals surface area contributed by atoms with Gasteiger partial charge in [-0.2, -0.15) is 14.0 Å². The molecule has 0 radical (unpaired) electrons. The quantitative estimate of drug-likeness (QED) is 0.755. The molecule has 1 amide bonds. The predicted octanol–water partition coefficient (Wildman–Crippen LogP) is 4.99. The fourth-order valence-corrected chi connectivity index (χ4v) is 3.34. The van der Waals surface area contributed by atoms with Crippen molar-refractivity contribution in [3.8, 4) is 17.2 Å². The molecule has 2 aromatic rings. The van der Waals surface area contributed by atoms with Crippen molar-refractivity contribution in [3.63, 3.8) is 0 Å². The Morgan fingerprint density at radius 3 is 2.15 bits per heavy atom. The lowest BCUT2D eigenvalue weighted by Crippen LogP contribution is -2.42. The fraction of sp³-hybridized carbons (Fsp3) is 0.400. The molecule has 0 unspecified atom stereocenters. The van der Waals surface area contributed by atoms with Gasteiger partial charge in [0.1, 0.15) is 11.8 Å². The third-order valence-electron chi connectivity index (χ3n) is 4.40. The molecule has 0 fully saturated rings. The minimum absolute atomic E-state index is 0.00279. The largest absolute Gasteiger partial charge is 0.334 e. The molecular weight excluding hydrogens is 336 g/mol. The van der Waals surface area contributed by atoms with Crippen LogP contribution in [0.1, 0.15) is 56.0 Å². The smallest absolute Gasteiger partial charge is 0.319 e. The number of carbonyl (C=O) groups is 1. The Bertz CT molecular complexity index is 839. The van der Waals surface area contributed by atoms with E-state index in [-0.39, 0.29) is 29.4 Å². The summed E-state index contributed by atoms with van der Waals surface area (Å²) in [5, 5.41) is 9.18. The number of alkyl halides is 2. The molecule has 26 heavy (non-hydrogen) atoms. The number of nitriles is 1. The summed E-state index contributed by atoms with van der Waals surface area (Å²) in [6.07, 6.45) is 0. The van der Waals surface area contributed by atoms with Gasteiger partial charge in [0.2, 0.25) is 0 Å². The summed E-state index contributed by atoms with van der Waals surface area (Å²) in [7, 11) is 0. The number of benzene rings is 1. The van der Waals surface area contributed by atoms with Gasteiger partial charge in [-0.15, -0.1) is 0 Å². The molecule has 0 spiro atoms. The summed E-state index contributed by atoms with van der Waals surface area (Å²) in [4.78, 5) is 14.9. The number of carbonyl (C=O) groups excluding carboxylic acids is 1. The molecule has 1 aromatic carbocycles. The average Bonchev–Trinajstić information content (AvgIpc) is 2.90. The Labute approximate surface area is 152 Å². The van der Waals surface area contributed by atoms with Crippen LogP contribution in [-0.2, 0) is 0 Å². The van der Waals surface area contributed by atoms with Crippen molar-refractivity contribution < 1.29 is 13.6 Å². The van der Waals surface area contributed by atoms with Crippen LogP contribution in [0.4, 0.5) is 8.78 Å². The Hall–Kier alpha value is -2.68. The first-order chi connectivity index (χ1) is 12.2. The van der Waals surface area contributed by atoms with Gasteiger partial charge in [0.25, 0.3) is 5.91 Å². The third-order valence-corrected chi connectivity index (χ3v) is 4.40. The highest BCUT2D eigenvalue weighted by Gasteiger charge is 2.26. The van der Waals surface area contributed by atoms with Gasteiger partial charge in [0, 0.05) is 28.9 Å². The number of rotatable bonds is 5. The minimum Gasteiger partial charge on any atom is -0.334 e. The first kappa shape index (κ1) is 19.6. The van der Waals surface area contributed by atoms with E-state index in [9.17, 15) is 18.8 Å². The molecular formula is C20H23F2N3O. The number of halogens is 2. The van der Waals surface area contributed by atoms with Crippen LogP contribution >= 0.6 is 0 Å². The van der Waals surface area contributed by atoms with Crippen molar-refractivity contribution in [1.82, 2.24) is 9.47 Å². The van der Waals surface area contributed by atoms with Crippen LogP contribution in [0.25, 0.3) is 11.1 Å². The van der Waals surface area contributed by atoms with Crippen LogP contribution < -0.4 is 0 Å². The second-order valence-corrected chi connectivity index (χ2v) is 6.73. The Morgan fingerprint density at radius 2 is 1.69 bits per heavy atom. The first-order valence-electron chi connectivity index (χ1n) is 8.52. The van der Waals surface area contributed by atoms with Gasteiger partial charge in [-0.05, 0) is 52.3 Å². The summed E-state index contributed by atoms with van der Waals surface area (Å²) in [5.41, 5.74) is 1.60. The monoisotopic (exact) mass is 359 g/mol. The van der Waals surface area contributed by atoms with Crippen LogP contribution in [0, 0.1) is 18.3 Å². The summed E-state index contributed by atoms with van der Waals surface area (Å²) >= 11 is 0. The highest BCUT2D eigenvalue weighted by molar-refractivity contribution is 6.01. The van der Waals surface area contributed by atoms with E-state index in [1.54, 1.807) is 35.2 Å². The lowest BCUT2D eigenvalue weighted by molar-refractivity contribution is 0.0644. The maximum absolute atomic E-state index is 13.3. The van der Waals surface area contributed by atoms with Crippen molar-refractivity contribution in [2.24, 2.45) is 0 Å². The maximum atomic E-state index is 13.3. The zero-order valence-electron chi connectivity index (χ0n) is 15.6. The van der Waals surface area contributed by atoms with Gasteiger partial charge in [-0.3, -0.25) is 9.36 Å². The number of amides is 1. The van der Waals surface area contributed by atoms with Crippen LogP contribution in [0.5, 0.6) is 0 Å². The van der Waals surface area contributed by atoms with Gasteiger partial charge < -0.3 is 4.90 Å². The predicted molar refractivity (Wildman–Crippen MR) is 97.0 cm³/mol. The second-order valence-electron chi connectivity index (χ2n) is 6.73. The van der Waals surface area contributed by atoms with Crippen molar-refractivity contribution in [1.29, 1.82) is 5.26 Å². The van der Waals surface area contributed by atoms with Gasteiger partial charge >= 0.3 is 6.55 Å². The van der Waals surface area contributed by atoms with E-state index in [0.29, 0.717) is 21.3 Å². The van der Waals surface area contributed by atoms with Gasteiger partial charge in [0.05, 0.1) is 0 Å². The van der Waals surface area contributed by atoms with Crippen molar-refractivity contribution in [2.45, 2.75) is 53.3 Å². The van der Waals surface area contributed by atoms with Crippen LogP contribution in [0.3, 0.4) is 0 Å². The molecule has 6 heteroatoms. The Morgan fingerprint density at radius 1 is 1.12 bits per heavy atom. The molecule has 1 heterocycles. The van der Waals surface area contributed by atoms with Crippen LogP contribution in [0.15, 0.2) is 30.3 Å². The molecule has 0 aliphatic rings. The molecule has 0 saturated heterocycles. The van der Waals surface area contributed by atoms with Crippen molar-refractivity contribution >= 4 is 5.91 Å². The summed E-state index contributed by atoms with van der Waals surface area (Å²) in [5.74, 6) is -0.159. The van der Waals surface area contributed by atoms with E-state index >= 15 is 0 Å². The topological polar surface area (TPSA) is 49.0 Å². The van der Waals surface area contributed by atoms with Crippen LogP contribution in [0.2, 0.25) is 0 Å². The molecule has 138 valence electrons. The molecule has 2 rings (SSSR count). The van der Waals surface area contributed by atoms with E-state index in [4.69, 9.17) is 0 Å². The lowest BCUT2D eigenvalue weighted by Gasteiger charge is -2.31. The average molecular weight is 359 g/mol. The zero-order valence-corrected chi connectivity index (χ0v) is 15.6. The zero-order chi connectivity index (χ0) is 19.6. The summed E-state index contributed by atoms with van der Waals surface area (Å²) in [6, 6.07) is 10.1. The summed E-state index contributed by atoms with van der Waals surface area (Å²) < 4.78 is 27.4. The number of hydrogen-bond acceptors (Lipinski definition) is 2. The molecule has 0 bridgehead atoms. The highest BCUT2D eigenvalue weighted by atomic mass is 19.3. The number of nitrogens with zero attached hydrogens (tertiary/aromatic N) is 3. The maximum Gasteiger partial charge on any atom is 0.319 e. The SMILES string of the molecule is Cc1c(-c2ccccc2C(=O)N(C(C)C)C(C)C)cc(C#N)n1C(F)F. The molecule has 4 nitrogen and oxygen atoms in total. The minimum atomic E-state index is -2.82. The van der Waals surface area contributed by atoms with E-state index in [1.807, 2.05) is 27.7 Å². The molecule has 0 N–H and O–H groups in total. The van der Waals surface area contributed by atoms with E-state index < -0.39 is 6.55 Å². The molecule has 0 atom stereocenters. The lowest BCUT2D eigenvalue weighted by atomic mass is 9.98. The molecule has 1 aromatic heterocycles. The second kappa shape index (κ2) is 7.69. The molecule has 0 aliphatic heterocycles. The first-order valence-corrected chi connectivity index (χ1v) is 8.52. The number of aromatic nitrogens is 1. The molecule has 0 aliphatic carbocycles. The van der Waals surface area contributed by atoms with Gasteiger partial charge in [0.15, 0.2) is 0 Å². The van der Waals surface area contributed by atoms with Gasteiger partial charge in [-0.25, -0.2) is 0 Å². The standard InChI is InChI=1S/C20H23F2N3O/c1-12(2)24(13(3)4)19(26)17-9-7-6-8-16(17)18-10-15(11-23)25(14(18)5)20(21)22/h6-10,12-13,20H,1-5H3. The third kappa shape index (κ3) is 3.48. The normalized spacial score (nSPS) is 11.3. The Balaban J connectivity index is 2.65. The van der Waals surface area contributed by atoms with Crippen LogP contribution in [-0.4, -0.2) is 27.5 Å². The summed E-state index contributed by atoms with van der Waals surface area (Å²) in [6.45, 7) is 6.47.